The van der Waals surface area contributed by atoms with E-state index in [1.807, 2.05) is 12.4 Å². The summed E-state index contributed by atoms with van der Waals surface area (Å²) >= 11 is 0. The maximum absolute atomic E-state index is 9.75. The Balaban J connectivity index is 0.000000276. The zero-order valence-corrected chi connectivity index (χ0v) is 12.2. The fourth-order valence-corrected chi connectivity index (χ4v) is 2.65. The van der Waals surface area contributed by atoms with Crippen molar-refractivity contribution in [2.75, 3.05) is 0 Å². The Morgan fingerprint density at radius 3 is 2.26 bits per heavy atom. The minimum atomic E-state index is -6.00. The summed E-state index contributed by atoms with van der Waals surface area (Å²) in [6, 6.07) is 8.40. The van der Waals surface area contributed by atoms with E-state index in [9.17, 15) is 17.3 Å². The van der Waals surface area contributed by atoms with Gasteiger partial charge in [0, 0.05) is 12.4 Å². The highest BCUT2D eigenvalue weighted by Crippen LogP contribution is 2.19. The van der Waals surface area contributed by atoms with E-state index in [-0.39, 0.29) is 0 Å². The first-order valence-electron chi connectivity index (χ1n) is 7.01. The van der Waals surface area contributed by atoms with E-state index in [2.05, 4.69) is 61.9 Å². The molecule has 9 heteroatoms. The summed E-state index contributed by atoms with van der Waals surface area (Å²) < 4.78 is 45.6. The maximum atomic E-state index is 9.75. The molecule has 120 valence electrons. The van der Waals surface area contributed by atoms with E-state index < -0.39 is 7.25 Å². The normalized spacial score (nSPS) is 11.9. The Bertz CT molecular complexity index is 967. The van der Waals surface area contributed by atoms with Gasteiger partial charge in [-0.2, -0.15) is 4.40 Å². The lowest BCUT2D eigenvalue weighted by Crippen LogP contribution is -2.31. The topological polar surface area (TPSA) is 25.6 Å². The number of imidazole rings is 2. The zero-order valence-electron chi connectivity index (χ0n) is 12.2. The minimum absolute atomic E-state index is 0.942. The lowest BCUT2D eigenvalue weighted by molar-refractivity contribution is -0.666. The second-order valence-corrected chi connectivity index (χ2v) is 4.88. The van der Waals surface area contributed by atoms with Crippen molar-refractivity contribution in [2.24, 2.45) is 0 Å². The van der Waals surface area contributed by atoms with E-state index in [1.54, 1.807) is 0 Å². The van der Waals surface area contributed by atoms with Gasteiger partial charge in [0.2, 0.25) is 5.65 Å². The monoisotopic (exact) mass is 324 g/mol. The fraction of sp³-hybridized carbons (Fsp3) is 0.143. The molecule has 3 aromatic heterocycles. The second kappa shape index (κ2) is 5.56. The van der Waals surface area contributed by atoms with Gasteiger partial charge in [0.25, 0.3) is 0 Å². The molecule has 0 aliphatic carbocycles. The number of benzene rings is 1. The van der Waals surface area contributed by atoms with Crippen LogP contribution in [0.4, 0.5) is 17.3 Å². The molecule has 0 fully saturated rings. The molecule has 4 nitrogen and oxygen atoms in total. The lowest BCUT2D eigenvalue weighted by Gasteiger charge is -2.02. The first-order chi connectivity index (χ1) is 10.9. The Morgan fingerprint density at radius 2 is 1.65 bits per heavy atom. The molecule has 1 aromatic carbocycles. The van der Waals surface area contributed by atoms with Crippen LogP contribution < -0.4 is 4.57 Å². The number of nitrogens with zero attached hydrogens (tertiary/aromatic N) is 4. The third-order valence-corrected chi connectivity index (χ3v) is 3.48. The Labute approximate surface area is 128 Å². The second-order valence-electron chi connectivity index (χ2n) is 4.88. The molecule has 0 saturated carbocycles. The Morgan fingerprint density at radius 1 is 1.04 bits per heavy atom. The van der Waals surface area contributed by atoms with Crippen molar-refractivity contribution >= 4 is 29.6 Å². The number of hydrogen-bond acceptors (Lipinski definition) is 1. The van der Waals surface area contributed by atoms with Crippen LogP contribution >= 0.6 is 0 Å². The van der Waals surface area contributed by atoms with Crippen LogP contribution in [0.25, 0.3) is 22.3 Å². The minimum Gasteiger partial charge on any atom is -0.418 e. The summed E-state index contributed by atoms with van der Waals surface area (Å²) in [5.74, 6) is 0. The predicted octanol–water partition coefficient (Wildman–Crippen LogP) is 3.35. The van der Waals surface area contributed by atoms with Crippen LogP contribution in [0, 0.1) is 0 Å². The molecular weight excluding hydrogens is 311 g/mol. The van der Waals surface area contributed by atoms with Crippen molar-refractivity contribution in [1.29, 1.82) is 0 Å². The molecule has 0 bridgehead atoms. The van der Waals surface area contributed by atoms with Crippen LogP contribution in [-0.4, -0.2) is 21.0 Å². The predicted molar refractivity (Wildman–Crippen MR) is 79.7 cm³/mol. The molecule has 0 N–H and O–H groups in total. The molecule has 23 heavy (non-hydrogen) atoms. The van der Waals surface area contributed by atoms with Gasteiger partial charge in [-0.05, 0) is 19.1 Å². The van der Waals surface area contributed by atoms with Crippen molar-refractivity contribution in [1.82, 2.24) is 13.8 Å². The Hall–Kier alpha value is -2.58. The van der Waals surface area contributed by atoms with Crippen LogP contribution in [0.3, 0.4) is 0 Å². The highest BCUT2D eigenvalue weighted by Gasteiger charge is 2.20. The highest BCUT2D eigenvalue weighted by atomic mass is 19.5. The van der Waals surface area contributed by atoms with Gasteiger partial charge < -0.3 is 17.3 Å². The van der Waals surface area contributed by atoms with E-state index in [0.717, 1.165) is 17.8 Å². The molecule has 0 aliphatic heterocycles. The van der Waals surface area contributed by atoms with Crippen molar-refractivity contribution in [3.8, 4) is 0 Å². The molecular formula is C14H13BF4N4. The quantitative estimate of drug-likeness (QED) is 0.299. The average Bonchev–Trinajstić information content (AvgIpc) is 3.12. The number of aromatic nitrogens is 4. The van der Waals surface area contributed by atoms with Gasteiger partial charge in [-0.3, -0.25) is 4.40 Å². The number of halogens is 4. The molecule has 4 rings (SSSR count). The summed E-state index contributed by atoms with van der Waals surface area (Å²) in [4.78, 5) is 4.50. The van der Waals surface area contributed by atoms with Crippen LogP contribution in [0.2, 0.25) is 0 Å². The average molecular weight is 324 g/mol. The van der Waals surface area contributed by atoms with Gasteiger partial charge >= 0.3 is 12.9 Å². The van der Waals surface area contributed by atoms with Crippen molar-refractivity contribution in [3.63, 3.8) is 0 Å². The van der Waals surface area contributed by atoms with Gasteiger partial charge in [-0.15, -0.1) is 0 Å². The summed E-state index contributed by atoms with van der Waals surface area (Å²) in [6.45, 7) is 3.09. The maximum Gasteiger partial charge on any atom is 0.673 e. The van der Waals surface area contributed by atoms with Crippen molar-refractivity contribution in [2.45, 2.75) is 13.5 Å². The molecule has 3 heterocycles. The smallest absolute Gasteiger partial charge is 0.418 e. The molecule has 0 radical (unpaired) electrons. The zero-order chi connectivity index (χ0) is 16.6. The van der Waals surface area contributed by atoms with Gasteiger partial charge in [0.05, 0.1) is 12.1 Å². The molecule has 0 saturated heterocycles. The summed E-state index contributed by atoms with van der Waals surface area (Å²) in [5.41, 5.74) is 4.52. The number of hydrogen-bond donors (Lipinski definition) is 0. The number of rotatable bonds is 1. The molecule has 0 unspecified atom stereocenters. The van der Waals surface area contributed by atoms with Gasteiger partial charge in [-0.1, -0.05) is 12.1 Å². The van der Waals surface area contributed by atoms with Gasteiger partial charge in [0.1, 0.15) is 12.4 Å². The van der Waals surface area contributed by atoms with E-state index in [4.69, 9.17) is 0 Å². The summed E-state index contributed by atoms with van der Waals surface area (Å²) in [6.07, 6.45) is 8.09. The van der Waals surface area contributed by atoms with E-state index in [1.165, 1.54) is 11.0 Å². The van der Waals surface area contributed by atoms with Crippen molar-refractivity contribution < 1.29 is 21.8 Å². The Kier molecular flexibility index (Phi) is 3.71. The van der Waals surface area contributed by atoms with Crippen molar-refractivity contribution in [3.05, 3.63) is 49.1 Å². The third kappa shape index (κ3) is 2.86. The lowest BCUT2D eigenvalue weighted by atomic mass is 10.3. The van der Waals surface area contributed by atoms with Crippen LogP contribution in [0.15, 0.2) is 49.1 Å². The summed E-state index contributed by atoms with van der Waals surface area (Å²) in [5, 5.41) is 0. The summed E-state index contributed by atoms with van der Waals surface area (Å²) in [7, 11) is -6.00. The molecule has 0 amide bonds. The highest BCUT2D eigenvalue weighted by molar-refractivity contribution is 6.50. The third-order valence-electron chi connectivity index (χ3n) is 3.48. The van der Waals surface area contributed by atoms with Crippen LogP contribution in [0.5, 0.6) is 0 Å². The molecule has 4 aromatic rings. The first-order valence-corrected chi connectivity index (χ1v) is 7.01. The first kappa shape index (κ1) is 15.3. The number of aryl methyl sites for hydroxylation is 1. The molecule has 0 spiro atoms. The van der Waals surface area contributed by atoms with Gasteiger partial charge in [-0.25, -0.2) is 9.55 Å². The van der Waals surface area contributed by atoms with E-state index >= 15 is 0 Å². The molecule has 0 aliphatic rings. The van der Waals surface area contributed by atoms with Crippen LogP contribution in [-0.2, 0) is 6.54 Å². The van der Waals surface area contributed by atoms with E-state index in [0.29, 0.717) is 0 Å². The molecule has 0 atom stereocenters. The SMILES string of the molecule is CC[n+]1ccn2c3ccccc3n3ccnc3c21.F[B-](F)(F)F. The standard InChI is InChI=1S/C14H13N4.BF4/c1-2-16-9-10-18-12-6-4-3-5-11(12)17-8-7-15-13(17)14(16)18;2-1(3,4)5/h3-10H,2H2,1H3;/q+1;-1. The number of fused-ring (bicyclic) bond motifs is 6. The fourth-order valence-electron chi connectivity index (χ4n) is 2.65. The van der Waals surface area contributed by atoms with Crippen LogP contribution in [0.1, 0.15) is 6.92 Å². The largest absolute Gasteiger partial charge is 0.673 e. The van der Waals surface area contributed by atoms with Gasteiger partial charge in [0.15, 0.2) is 5.52 Å². The number of para-hydroxylation sites is 2.